The highest BCUT2D eigenvalue weighted by atomic mass is 16.1. The van der Waals surface area contributed by atoms with Crippen LogP contribution >= 0.6 is 0 Å². The molecule has 0 saturated heterocycles. The molecule has 0 spiro atoms. The van der Waals surface area contributed by atoms with Gasteiger partial charge in [0.1, 0.15) is 5.82 Å². The molecular weight excluding hydrogens is 424 g/mol. The number of nitrogen functional groups attached to an aromatic ring is 1. The second-order valence-corrected chi connectivity index (χ2v) is 7.80. The Morgan fingerprint density at radius 1 is 0.882 bits per heavy atom. The van der Waals surface area contributed by atoms with Crippen LogP contribution in [0.15, 0.2) is 97.5 Å². The zero-order valence-corrected chi connectivity index (χ0v) is 18.3. The molecule has 0 aliphatic rings. The van der Waals surface area contributed by atoms with Gasteiger partial charge >= 0.3 is 0 Å². The summed E-state index contributed by atoms with van der Waals surface area (Å²) >= 11 is 0. The van der Waals surface area contributed by atoms with E-state index in [1.807, 2.05) is 66.7 Å². The van der Waals surface area contributed by atoms with Crippen molar-refractivity contribution in [2.24, 2.45) is 0 Å². The third-order valence-electron chi connectivity index (χ3n) is 5.43. The SMILES string of the molecule is Nc1cc2ccccc2cc1NC(=O)c1ccc(CNc2ccnc(-c3cccnc3)n2)cc1. The van der Waals surface area contributed by atoms with Gasteiger partial charge in [0.25, 0.3) is 5.91 Å². The van der Waals surface area contributed by atoms with Crippen LogP contribution < -0.4 is 16.4 Å². The molecule has 7 heteroatoms. The van der Waals surface area contributed by atoms with Gasteiger partial charge in [0.05, 0.1) is 11.4 Å². The standard InChI is InChI=1S/C27H22N6O/c28-23-14-20-4-1-2-5-21(20)15-24(23)32-27(34)19-9-7-18(8-10-19)16-31-25-11-13-30-26(33-25)22-6-3-12-29-17-22/h1-15,17H,16,28H2,(H,32,34)(H,30,31,33). The number of nitrogens with one attached hydrogen (secondary N) is 2. The molecular formula is C27H22N6O. The van der Waals surface area contributed by atoms with Crippen molar-refractivity contribution in [1.29, 1.82) is 0 Å². The summed E-state index contributed by atoms with van der Waals surface area (Å²) in [5.41, 5.74) is 9.70. The van der Waals surface area contributed by atoms with Crippen LogP contribution in [-0.2, 0) is 6.54 Å². The molecule has 5 aromatic rings. The predicted octanol–water partition coefficient (Wildman–Crippen LogP) is 5.14. The highest BCUT2D eigenvalue weighted by Gasteiger charge is 2.10. The number of pyridine rings is 1. The molecule has 0 radical (unpaired) electrons. The number of carbonyl (C=O) groups is 1. The van der Waals surface area contributed by atoms with Crippen molar-refractivity contribution in [2.45, 2.75) is 6.54 Å². The molecule has 2 heterocycles. The number of aromatic nitrogens is 3. The van der Waals surface area contributed by atoms with Gasteiger partial charge in [0, 0.05) is 36.3 Å². The van der Waals surface area contributed by atoms with Crippen molar-refractivity contribution in [2.75, 3.05) is 16.4 Å². The number of anilines is 3. The Morgan fingerprint density at radius 3 is 2.44 bits per heavy atom. The first-order valence-electron chi connectivity index (χ1n) is 10.8. The summed E-state index contributed by atoms with van der Waals surface area (Å²) in [5.74, 6) is 1.11. The van der Waals surface area contributed by atoms with Crippen LogP contribution in [0, 0.1) is 0 Å². The lowest BCUT2D eigenvalue weighted by Gasteiger charge is -2.11. The van der Waals surface area contributed by atoms with Crippen LogP contribution in [0.2, 0.25) is 0 Å². The highest BCUT2D eigenvalue weighted by molar-refractivity contribution is 6.07. The molecule has 34 heavy (non-hydrogen) atoms. The van der Waals surface area contributed by atoms with E-state index >= 15 is 0 Å². The zero-order valence-electron chi connectivity index (χ0n) is 18.3. The Balaban J connectivity index is 1.24. The average molecular weight is 447 g/mol. The lowest BCUT2D eigenvalue weighted by Crippen LogP contribution is -2.13. The van der Waals surface area contributed by atoms with Gasteiger partial charge < -0.3 is 16.4 Å². The third-order valence-corrected chi connectivity index (χ3v) is 5.43. The summed E-state index contributed by atoms with van der Waals surface area (Å²) in [7, 11) is 0. The number of benzene rings is 3. The van der Waals surface area contributed by atoms with Crippen LogP contribution in [0.5, 0.6) is 0 Å². The Bertz CT molecular complexity index is 1450. The quantitative estimate of drug-likeness (QED) is 0.312. The summed E-state index contributed by atoms with van der Waals surface area (Å²) in [6.45, 7) is 0.559. The molecule has 3 aromatic carbocycles. The first-order valence-corrected chi connectivity index (χ1v) is 10.8. The summed E-state index contributed by atoms with van der Waals surface area (Å²) in [6.07, 6.45) is 5.16. The van der Waals surface area contributed by atoms with E-state index in [1.54, 1.807) is 30.7 Å². The maximum atomic E-state index is 12.8. The van der Waals surface area contributed by atoms with Crippen molar-refractivity contribution in [3.63, 3.8) is 0 Å². The zero-order chi connectivity index (χ0) is 23.3. The number of nitrogens with zero attached hydrogens (tertiary/aromatic N) is 3. The fourth-order valence-electron chi connectivity index (χ4n) is 3.62. The second kappa shape index (κ2) is 9.38. The Morgan fingerprint density at radius 2 is 1.68 bits per heavy atom. The van der Waals surface area contributed by atoms with E-state index < -0.39 is 0 Å². The molecule has 0 aliphatic carbocycles. The molecule has 0 fully saturated rings. The monoisotopic (exact) mass is 446 g/mol. The fraction of sp³-hybridized carbons (Fsp3) is 0.0370. The summed E-state index contributed by atoms with van der Waals surface area (Å²) in [5, 5.41) is 8.26. The molecule has 0 unspecified atom stereocenters. The van der Waals surface area contributed by atoms with Gasteiger partial charge in [-0.3, -0.25) is 9.78 Å². The van der Waals surface area contributed by atoms with E-state index in [2.05, 4.69) is 25.6 Å². The summed E-state index contributed by atoms with van der Waals surface area (Å²) in [6, 6.07) is 24.7. The van der Waals surface area contributed by atoms with E-state index in [0.29, 0.717) is 35.1 Å². The molecule has 0 aliphatic heterocycles. The Kier molecular flexibility index (Phi) is 5.82. The van der Waals surface area contributed by atoms with E-state index in [-0.39, 0.29) is 5.91 Å². The van der Waals surface area contributed by atoms with Crippen molar-refractivity contribution < 1.29 is 4.79 Å². The third kappa shape index (κ3) is 4.68. The molecule has 5 rings (SSSR count). The van der Waals surface area contributed by atoms with E-state index in [4.69, 9.17) is 5.73 Å². The fourth-order valence-corrected chi connectivity index (χ4v) is 3.62. The Hall–Kier alpha value is -4.78. The van der Waals surface area contributed by atoms with Crippen molar-refractivity contribution in [3.05, 3.63) is 109 Å². The number of rotatable bonds is 6. The number of fused-ring (bicyclic) bond motifs is 1. The summed E-state index contributed by atoms with van der Waals surface area (Å²) in [4.78, 5) is 25.7. The van der Waals surface area contributed by atoms with Crippen molar-refractivity contribution in [3.8, 4) is 11.4 Å². The van der Waals surface area contributed by atoms with Crippen LogP contribution in [0.25, 0.3) is 22.2 Å². The molecule has 2 aromatic heterocycles. The predicted molar refractivity (Wildman–Crippen MR) is 135 cm³/mol. The lowest BCUT2D eigenvalue weighted by atomic mass is 10.1. The topological polar surface area (TPSA) is 106 Å². The summed E-state index contributed by atoms with van der Waals surface area (Å²) < 4.78 is 0. The molecule has 0 bridgehead atoms. The van der Waals surface area contributed by atoms with Gasteiger partial charge in [-0.2, -0.15) is 0 Å². The van der Waals surface area contributed by atoms with Gasteiger partial charge in [-0.25, -0.2) is 9.97 Å². The minimum Gasteiger partial charge on any atom is -0.397 e. The largest absolute Gasteiger partial charge is 0.397 e. The van der Waals surface area contributed by atoms with Gasteiger partial charge in [0.15, 0.2) is 5.82 Å². The van der Waals surface area contributed by atoms with Gasteiger partial charge in [-0.1, -0.05) is 36.4 Å². The van der Waals surface area contributed by atoms with E-state index in [9.17, 15) is 4.79 Å². The van der Waals surface area contributed by atoms with Crippen molar-refractivity contribution in [1.82, 2.24) is 15.0 Å². The number of amides is 1. The number of carbonyl (C=O) groups excluding carboxylic acids is 1. The highest BCUT2D eigenvalue weighted by Crippen LogP contribution is 2.26. The normalized spacial score (nSPS) is 10.7. The maximum Gasteiger partial charge on any atom is 0.255 e. The van der Waals surface area contributed by atoms with Crippen LogP contribution in [0.4, 0.5) is 17.2 Å². The molecule has 0 saturated carbocycles. The lowest BCUT2D eigenvalue weighted by molar-refractivity contribution is 0.102. The van der Waals surface area contributed by atoms with E-state index in [0.717, 1.165) is 21.9 Å². The van der Waals surface area contributed by atoms with Crippen molar-refractivity contribution >= 4 is 33.9 Å². The van der Waals surface area contributed by atoms with Gasteiger partial charge in [-0.15, -0.1) is 0 Å². The van der Waals surface area contributed by atoms with Crippen LogP contribution in [0.3, 0.4) is 0 Å². The van der Waals surface area contributed by atoms with Gasteiger partial charge in [-0.05, 0) is 58.8 Å². The minimum absolute atomic E-state index is 0.210. The Labute approximate surface area is 196 Å². The van der Waals surface area contributed by atoms with Crippen LogP contribution in [-0.4, -0.2) is 20.9 Å². The first-order chi connectivity index (χ1) is 16.7. The average Bonchev–Trinajstić information content (AvgIpc) is 2.89. The molecule has 4 N–H and O–H groups in total. The smallest absolute Gasteiger partial charge is 0.255 e. The molecule has 166 valence electrons. The minimum atomic E-state index is -0.210. The second-order valence-electron chi connectivity index (χ2n) is 7.80. The van der Waals surface area contributed by atoms with E-state index in [1.165, 1.54) is 0 Å². The number of hydrogen-bond acceptors (Lipinski definition) is 6. The number of hydrogen-bond donors (Lipinski definition) is 3. The van der Waals surface area contributed by atoms with Crippen LogP contribution in [0.1, 0.15) is 15.9 Å². The number of nitrogens with two attached hydrogens (primary N) is 1. The molecule has 1 amide bonds. The maximum absolute atomic E-state index is 12.8. The van der Waals surface area contributed by atoms with Gasteiger partial charge in [0.2, 0.25) is 0 Å². The first kappa shape index (κ1) is 21.1. The molecule has 0 atom stereocenters. The molecule has 7 nitrogen and oxygen atoms in total.